The largest absolute Gasteiger partial charge is 0.546 e. The van der Waals surface area contributed by atoms with Gasteiger partial charge in [0.15, 0.2) is 11.5 Å². The minimum absolute atomic E-state index is 0.0147. The van der Waals surface area contributed by atoms with Gasteiger partial charge >= 0.3 is 0 Å². The predicted octanol–water partition coefficient (Wildman–Crippen LogP) is 0.0261. The number of ether oxygens (including phenoxy) is 3. The minimum Gasteiger partial charge on any atom is -0.546 e. The molecule has 0 aromatic heterocycles. The van der Waals surface area contributed by atoms with E-state index in [1.807, 2.05) is 6.07 Å². The number of carbonyl (C=O) groups is 2. The number of hydrogen-bond donors (Lipinski definition) is 1. The Morgan fingerprint density at radius 3 is 2.88 bits per heavy atom. The molecule has 1 aliphatic heterocycles. The lowest BCUT2D eigenvalue weighted by atomic mass is 10.1. The van der Waals surface area contributed by atoms with Gasteiger partial charge in [-0.05, 0) is 36.6 Å². The van der Waals surface area contributed by atoms with Crippen LogP contribution in [0.5, 0.6) is 11.5 Å². The van der Waals surface area contributed by atoms with Gasteiger partial charge < -0.3 is 29.4 Å². The van der Waals surface area contributed by atoms with E-state index in [1.165, 1.54) is 25.3 Å². The molecule has 1 N–H and O–H groups in total. The minimum atomic E-state index is -1.36. The van der Waals surface area contributed by atoms with Crippen LogP contribution in [0, 0.1) is 11.3 Å². The van der Waals surface area contributed by atoms with Crippen LogP contribution in [0.1, 0.15) is 18.4 Å². The maximum atomic E-state index is 12.1. The first kappa shape index (κ1) is 19.3. The Bertz CT molecular complexity index is 732. The third-order valence-electron chi connectivity index (χ3n) is 3.72. The second-order valence-corrected chi connectivity index (χ2v) is 5.59. The van der Waals surface area contributed by atoms with Crippen molar-refractivity contribution in [1.29, 1.82) is 5.26 Å². The summed E-state index contributed by atoms with van der Waals surface area (Å²) < 4.78 is 15.6. The molecule has 1 aliphatic rings. The average molecular weight is 359 g/mol. The number of methoxy groups -OCH3 is 1. The quantitative estimate of drug-likeness (QED) is 0.513. The highest BCUT2D eigenvalue weighted by Gasteiger charge is 2.17. The molecule has 138 valence electrons. The summed E-state index contributed by atoms with van der Waals surface area (Å²) in [5.74, 6) is -1.35. The van der Waals surface area contributed by atoms with E-state index in [0.29, 0.717) is 18.7 Å². The number of nitrogens with zero attached hydrogens (tertiary/aromatic N) is 1. The van der Waals surface area contributed by atoms with Crippen LogP contribution < -0.4 is 19.9 Å². The molecule has 0 aliphatic carbocycles. The van der Waals surface area contributed by atoms with Crippen LogP contribution in [-0.2, 0) is 14.3 Å². The maximum Gasteiger partial charge on any atom is 0.262 e. The van der Waals surface area contributed by atoms with E-state index in [0.717, 1.165) is 12.8 Å². The molecule has 1 amide bonds. The van der Waals surface area contributed by atoms with Crippen LogP contribution in [0.2, 0.25) is 0 Å². The van der Waals surface area contributed by atoms with Gasteiger partial charge in [-0.25, -0.2) is 0 Å². The molecule has 0 unspecified atom stereocenters. The molecule has 1 aromatic rings. The van der Waals surface area contributed by atoms with Crippen molar-refractivity contribution in [1.82, 2.24) is 5.32 Å². The number of carbonyl (C=O) groups excluding carboxylic acids is 2. The lowest BCUT2D eigenvalue weighted by Crippen LogP contribution is -2.32. The summed E-state index contributed by atoms with van der Waals surface area (Å²) in [5.41, 5.74) is 0.472. The highest BCUT2D eigenvalue weighted by Crippen LogP contribution is 2.28. The normalized spacial score (nSPS) is 16.6. The zero-order chi connectivity index (χ0) is 18.9. The van der Waals surface area contributed by atoms with Crippen molar-refractivity contribution in [2.75, 3.05) is 26.9 Å². The fraction of sp³-hybridized carbons (Fsp3) is 0.389. The summed E-state index contributed by atoms with van der Waals surface area (Å²) in [5, 5.41) is 22.4. The first-order chi connectivity index (χ1) is 12.5. The Morgan fingerprint density at radius 2 is 2.27 bits per heavy atom. The third-order valence-corrected chi connectivity index (χ3v) is 3.72. The van der Waals surface area contributed by atoms with Crippen molar-refractivity contribution in [3.05, 3.63) is 29.3 Å². The lowest BCUT2D eigenvalue weighted by molar-refractivity contribution is -0.307. The average Bonchev–Trinajstić information content (AvgIpc) is 3.16. The summed E-state index contributed by atoms with van der Waals surface area (Å²) >= 11 is 0. The SMILES string of the molecule is COc1cc(/C=C(\C#N)C(=O)NC[C@H]2CCCO2)ccc1OCC(=O)[O-]. The fourth-order valence-electron chi connectivity index (χ4n) is 2.45. The topological polar surface area (TPSA) is 121 Å². The summed E-state index contributed by atoms with van der Waals surface area (Å²) in [4.78, 5) is 22.6. The molecular weight excluding hydrogens is 340 g/mol. The monoisotopic (exact) mass is 359 g/mol. The molecule has 0 spiro atoms. The molecule has 1 saturated heterocycles. The first-order valence-corrected chi connectivity index (χ1v) is 8.05. The zero-order valence-electron chi connectivity index (χ0n) is 14.3. The molecule has 0 radical (unpaired) electrons. The first-order valence-electron chi connectivity index (χ1n) is 8.05. The van der Waals surface area contributed by atoms with Crippen molar-refractivity contribution in [2.45, 2.75) is 18.9 Å². The van der Waals surface area contributed by atoms with Crippen LogP contribution >= 0.6 is 0 Å². The number of aliphatic carboxylic acids is 1. The summed E-state index contributed by atoms with van der Waals surface area (Å²) in [6, 6.07) is 6.48. The number of carboxylic acids is 1. The second-order valence-electron chi connectivity index (χ2n) is 5.59. The van der Waals surface area contributed by atoms with Crippen LogP contribution in [-0.4, -0.2) is 44.8 Å². The van der Waals surface area contributed by atoms with Crippen molar-refractivity contribution >= 4 is 18.0 Å². The molecule has 26 heavy (non-hydrogen) atoms. The van der Waals surface area contributed by atoms with Gasteiger partial charge in [0.05, 0.1) is 19.2 Å². The Hall–Kier alpha value is -3.05. The predicted molar refractivity (Wildman–Crippen MR) is 89.1 cm³/mol. The van der Waals surface area contributed by atoms with E-state index in [2.05, 4.69) is 5.32 Å². The third kappa shape index (κ3) is 5.50. The van der Waals surface area contributed by atoms with Gasteiger partial charge in [-0.3, -0.25) is 4.79 Å². The van der Waals surface area contributed by atoms with Crippen LogP contribution in [0.3, 0.4) is 0 Å². The van der Waals surface area contributed by atoms with Crippen molar-refractivity contribution in [3.8, 4) is 17.6 Å². The van der Waals surface area contributed by atoms with Crippen molar-refractivity contribution < 1.29 is 28.9 Å². The molecule has 0 bridgehead atoms. The summed E-state index contributed by atoms with van der Waals surface area (Å²) in [6.45, 7) is 0.436. The Kier molecular flexibility index (Phi) is 7.00. The number of benzene rings is 1. The highest BCUT2D eigenvalue weighted by molar-refractivity contribution is 6.01. The van der Waals surface area contributed by atoms with E-state index >= 15 is 0 Å². The van der Waals surface area contributed by atoms with Gasteiger partial charge in [-0.15, -0.1) is 0 Å². The van der Waals surface area contributed by atoms with Gasteiger partial charge in [0, 0.05) is 13.2 Å². The Labute approximate surface area is 151 Å². The van der Waals surface area contributed by atoms with Gasteiger partial charge in [0.2, 0.25) is 0 Å². The number of nitriles is 1. The van der Waals surface area contributed by atoms with Crippen LogP contribution in [0.15, 0.2) is 23.8 Å². The fourth-order valence-corrected chi connectivity index (χ4v) is 2.45. The summed E-state index contributed by atoms with van der Waals surface area (Å²) in [6.07, 6.45) is 3.25. The molecule has 8 heteroatoms. The standard InChI is InChI=1S/C18H20N2O6/c1-24-16-8-12(4-5-15(16)26-11-17(21)22)7-13(9-19)18(23)20-10-14-3-2-6-25-14/h4-5,7-8,14H,2-3,6,10-11H2,1H3,(H,20,23)(H,21,22)/p-1/b13-7+/t14-/m1/s1. The van der Waals surface area contributed by atoms with Gasteiger partial charge in [0.25, 0.3) is 5.91 Å². The Morgan fingerprint density at radius 1 is 1.46 bits per heavy atom. The second kappa shape index (κ2) is 9.44. The van der Waals surface area contributed by atoms with E-state index in [1.54, 1.807) is 6.07 Å². The smallest absolute Gasteiger partial charge is 0.262 e. The Balaban J connectivity index is 2.07. The molecular formula is C18H19N2O6-. The number of rotatable bonds is 8. The van der Waals surface area contributed by atoms with Gasteiger partial charge in [0.1, 0.15) is 18.2 Å². The van der Waals surface area contributed by atoms with E-state index in [-0.39, 0.29) is 23.2 Å². The number of nitrogens with one attached hydrogen (secondary N) is 1. The molecule has 1 aromatic carbocycles. The lowest BCUT2D eigenvalue weighted by Gasteiger charge is -2.12. The molecule has 0 saturated carbocycles. The summed E-state index contributed by atoms with van der Waals surface area (Å²) in [7, 11) is 1.40. The van der Waals surface area contributed by atoms with E-state index in [9.17, 15) is 20.0 Å². The molecule has 8 nitrogen and oxygen atoms in total. The number of carboxylic acid groups (broad SMARTS) is 1. The number of amides is 1. The zero-order valence-corrected chi connectivity index (χ0v) is 14.3. The van der Waals surface area contributed by atoms with E-state index < -0.39 is 18.5 Å². The molecule has 1 atom stereocenters. The van der Waals surface area contributed by atoms with Crippen molar-refractivity contribution in [2.24, 2.45) is 0 Å². The number of hydrogen-bond acceptors (Lipinski definition) is 7. The van der Waals surface area contributed by atoms with Crippen LogP contribution in [0.25, 0.3) is 6.08 Å². The van der Waals surface area contributed by atoms with Crippen molar-refractivity contribution in [3.63, 3.8) is 0 Å². The molecule has 1 heterocycles. The molecule has 1 fully saturated rings. The van der Waals surface area contributed by atoms with Gasteiger partial charge in [-0.2, -0.15) is 5.26 Å². The van der Waals surface area contributed by atoms with Gasteiger partial charge in [-0.1, -0.05) is 6.07 Å². The molecule has 2 rings (SSSR count). The maximum absolute atomic E-state index is 12.1. The van der Waals surface area contributed by atoms with E-state index in [4.69, 9.17) is 14.2 Å². The van der Waals surface area contributed by atoms with Crippen LogP contribution in [0.4, 0.5) is 0 Å². The highest BCUT2D eigenvalue weighted by atomic mass is 16.5.